The van der Waals surface area contributed by atoms with Gasteiger partial charge in [0.05, 0.1) is 0 Å². The molecule has 26 heavy (non-hydrogen) atoms. The molecule has 0 aliphatic carbocycles. The van der Waals surface area contributed by atoms with Crippen LogP contribution in [0.5, 0.6) is 0 Å². The first-order valence-electron chi connectivity index (χ1n) is 10.0. The molecule has 0 bridgehead atoms. The van der Waals surface area contributed by atoms with E-state index in [1.54, 1.807) is 0 Å². The zero-order valence-corrected chi connectivity index (χ0v) is 19.5. The van der Waals surface area contributed by atoms with Crippen molar-refractivity contribution in [1.29, 1.82) is 0 Å². The predicted molar refractivity (Wildman–Crippen MR) is 124 cm³/mol. The first-order chi connectivity index (χ1) is 12.2. The molecule has 2 aliphatic rings. The Kier molecular flexibility index (Phi) is 9.70. The lowest BCUT2D eigenvalue weighted by Crippen LogP contribution is -2.46. The summed E-state index contributed by atoms with van der Waals surface area (Å²) in [6.45, 7) is 12.3. The van der Waals surface area contributed by atoms with Crippen LogP contribution in [0.4, 0.5) is 0 Å². The monoisotopic (exact) mass is 490 g/mol. The molecule has 2 fully saturated rings. The molecule has 2 atom stereocenters. The molecule has 1 N–H and O–H groups in total. The average Bonchev–Trinajstić information content (AvgIpc) is 3.12. The van der Waals surface area contributed by atoms with Crippen LogP contribution < -0.4 is 5.32 Å². The smallest absolute Gasteiger partial charge is 0.193 e. The zero-order chi connectivity index (χ0) is 17.5. The summed E-state index contributed by atoms with van der Waals surface area (Å²) in [6, 6.07) is 4.42. The van der Waals surface area contributed by atoms with E-state index in [1.807, 2.05) is 11.3 Å². The normalized spacial score (nSPS) is 25.0. The Hall–Kier alpha value is -0.340. The molecule has 1 aromatic rings. The molecule has 148 valence electrons. The van der Waals surface area contributed by atoms with Gasteiger partial charge in [-0.2, -0.15) is 0 Å². The van der Waals surface area contributed by atoms with Gasteiger partial charge in [0, 0.05) is 44.1 Å². The number of nitrogens with one attached hydrogen (secondary N) is 1. The summed E-state index contributed by atoms with van der Waals surface area (Å²) < 4.78 is 0. The molecule has 3 heterocycles. The number of thiophene rings is 1. The molecular weight excluding hydrogens is 455 g/mol. The highest BCUT2D eigenvalue weighted by atomic mass is 127. The third kappa shape index (κ3) is 6.68. The summed E-state index contributed by atoms with van der Waals surface area (Å²) >= 11 is 1.88. The number of hydrogen-bond acceptors (Lipinski definition) is 3. The van der Waals surface area contributed by atoms with Crippen molar-refractivity contribution in [2.45, 2.75) is 46.1 Å². The van der Waals surface area contributed by atoms with E-state index in [1.165, 1.54) is 43.6 Å². The Morgan fingerprint density at radius 2 is 2.12 bits per heavy atom. The molecule has 0 radical (unpaired) electrons. The van der Waals surface area contributed by atoms with E-state index in [9.17, 15) is 0 Å². The van der Waals surface area contributed by atoms with Crippen LogP contribution in [-0.4, -0.2) is 55.0 Å². The molecule has 6 heteroatoms. The number of aliphatic imine (C=N–C) groups is 1. The molecule has 3 rings (SSSR count). The Morgan fingerprint density at radius 3 is 2.85 bits per heavy atom. The van der Waals surface area contributed by atoms with Crippen molar-refractivity contribution < 1.29 is 0 Å². The van der Waals surface area contributed by atoms with Crippen LogP contribution in [0, 0.1) is 11.8 Å². The summed E-state index contributed by atoms with van der Waals surface area (Å²) in [6.07, 6.45) is 5.28. The summed E-state index contributed by atoms with van der Waals surface area (Å²) in [5.41, 5.74) is 0. The van der Waals surface area contributed by atoms with Gasteiger partial charge in [-0.1, -0.05) is 13.0 Å². The highest BCUT2D eigenvalue weighted by molar-refractivity contribution is 14.0. The highest BCUT2D eigenvalue weighted by Gasteiger charge is 2.22. The van der Waals surface area contributed by atoms with Crippen LogP contribution in [0.3, 0.4) is 0 Å². The van der Waals surface area contributed by atoms with Crippen LogP contribution in [0.15, 0.2) is 22.5 Å². The lowest BCUT2D eigenvalue weighted by atomic mass is 9.98. The van der Waals surface area contributed by atoms with Gasteiger partial charge in [-0.05, 0) is 62.4 Å². The maximum absolute atomic E-state index is 5.03. The maximum atomic E-state index is 5.03. The van der Waals surface area contributed by atoms with Gasteiger partial charge in [0.2, 0.25) is 0 Å². The minimum absolute atomic E-state index is 0. The number of guanidine groups is 1. The SMILES string of the molecule is CCNC(=NCC1CCCN(Cc2cccs2)C1)N1CCCC(C)C1.I. The van der Waals surface area contributed by atoms with Gasteiger partial charge in [-0.25, -0.2) is 0 Å². The van der Waals surface area contributed by atoms with Crippen molar-refractivity contribution in [2.75, 3.05) is 39.3 Å². The number of rotatable bonds is 5. The Balaban J connectivity index is 0.00000243. The summed E-state index contributed by atoms with van der Waals surface area (Å²) in [5.74, 6) is 2.63. The van der Waals surface area contributed by atoms with Gasteiger partial charge in [-0.3, -0.25) is 9.89 Å². The topological polar surface area (TPSA) is 30.9 Å². The summed E-state index contributed by atoms with van der Waals surface area (Å²) in [4.78, 5) is 11.6. The molecule has 0 amide bonds. The van der Waals surface area contributed by atoms with Crippen LogP contribution in [0.25, 0.3) is 0 Å². The Bertz CT molecular complexity index is 534. The first-order valence-corrected chi connectivity index (χ1v) is 10.9. The number of hydrogen-bond donors (Lipinski definition) is 1. The third-order valence-electron chi connectivity index (χ3n) is 5.35. The molecule has 4 nitrogen and oxygen atoms in total. The minimum Gasteiger partial charge on any atom is -0.357 e. The summed E-state index contributed by atoms with van der Waals surface area (Å²) in [5, 5.41) is 5.71. The van der Waals surface area contributed by atoms with E-state index in [4.69, 9.17) is 4.99 Å². The number of piperidine rings is 2. The fraction of sp³-hybridized carbons (Fsp3) is 0.750. The van der Waals surface area contributed by atoms with E-state index in [2.05, 4.69) is 46.5 Å². The lowest BCUT2D eigenvalue weighted by molar-refractivity contribution is 0.172. The second-order valence-electron chi connectivity index (χ2n) is 7.71. The van der Waals surface area contributed by atoms with Crippen LogP contribution in [-0.2, 0) is 6.54 Å². The lowest BCUT2D eigenvalue weighted by Gasteiger charge is -2.35. The van der Waals surface area contributed by atoms with Crippen molar-refractivity contribution in [3.8, 4) is 0 Å². The molecule has 0 saturated carbocycles. The molecule has 2 saturated heterocycles. The van der Waals surface area contributed by atoms with Gasteiger partial charge in [0.15, 0.2) is 5.96 Å². The van der Waals surface area contributed by atoms with Crippen molar-refractivity contribution in [3.63, 3.8) is 0 Å². The van der Waals surface area contributed by atoms with Gasteiger partial charge < -0.3 is 10.2 Å². The molecule has 0 spiro atoms. The largest absolute Gasteiger partial charge is 0.357 e. The standard InChI is InChI=1S/C20H34N4S.HI/c1-3-21-20(24-11-4-7-17(2)14-24)22-13-18-8-5-10-23(15-18)16-19-9-6-12-25-19;/h6,9,12,17-18H,3-5,7-8,10-11,13-16H2,1-2H3,(H,21,22);1H. The van der Waals surface area contributed by atoms with Crippen molar-refractivity contribution >= 4 is 41.3 Å². The first kappa shape index (κ1) is 22.0. The Morgan fingerprint density at radius 1 is 1.27 bits per heavy atom. The molecule has 1 aromatic heterocycles. The quantitative estimate of drug-likeness (QED) is 0.380. The number of halogens is 1. The summed E-state index contributed by atoms with van der Waals surface area (Å²) in [7, 11) is 0. The van der Waals surface area contributed by atoms with E-state index in [-0.39, 0.29) is 24.0 Å². The van der Waals surface area contributed by atoms with Gasteiger partial charge >= 0.3 is 0 Å². The number of likely N-dealkylation sites (tertiary alicyclic amines) is 2. The zero-order valence-electron chi connectivity index (χ0n) is 16.3. The van der Waals surface area contributed by atoms with Crippen molar-refractivity contribution in [2.24, 2.45) is 16.8 Å². The third-order valence-corrected chi connectivity index (χ3v) is 6.21. The average molecular weight is 490 g/mol. The van der Waals surface area contributed by atoms with Crippen LogP contribution >= 0.6 is 35.3 Å². The maximum Gasteiger partial charge on any atom is 0.193 e. The van der Waals surface area contributed by atoms with Crippen LogP contribution in [0.1, 0.15) is 44.4 Å². The van der Waals surface area contributed by atoms with Crippen molar-refractivity contribution in [3.05, 3.63) is 22.4 Å². The van der Waals surface area contributed by atoms with Crippen molar-refractivity contribution in [1.82, 2.24) is 15.1 Å². The number of nitrogens with zero attached hydrogens (tertiary/aromatic N) is 3. The Labute approximate surface area is 180 Å². The fourth-order valence-electron chi connectivity index (χ4n) is 4.09. The second-order valence-corrected chi connectivity index (χ2v) is 8.74. The van der Waals surface area contributed by atoms with E-state index in [0.29, 0.717) is 5.92 Å². The molecule has 2 aliphatic heterocycles. The molecule has 2 unspecified atom stereocenters. The van der Waals surface area contributed by atoms with E-state index in [0.717, 1.165) is 44.6 Å². The molecule has 0 aromatic carbocycles. The minimum atomic E-state index is 0. The van der Waals surface area contributed by atoms with Gasteiger partial charge in [0.25, 0.3) is 0 Å². The second kappa shape index (κ2) is 11.5. The highest BCUT2D eigenvalue weighted by Crippen LogP contribution is 2.21. The fourth-order valence-corrected chi connectivity index (χ4v) is 4.84. The van der Waals surface area contributed by atoms with Gasteiger partial charge in [-0.15, -0.1) is 35.3 Å². The van der Waals surface area contributed by atoms with E-state index < -0.39 is 0 Å². The van der Waals surface area contributed by atoms with E-state index >= 15 is 0 Å². The van der Waals surface area contributed by atoms with Crippen LogP contribution in [0.2, 0.25) is 0 Å². The predicted octanol–water partition coefficient (Wildman–Crippen LogP) is 4.28. The van der Waals surface area contributed by atoms with Gasteiger partial charge in [0.1, 0.15) is 0 Å². The molecular formula is C20H35IN4S.